The van der Waals surface area contributed by atoms with Gasteiger partial charge in [-0.3, -0.25) is 4.21 Å². The number of benzene rings is 1. The van der Waals surface area contributed by atoms with Gasteiger partial charge in [-0.1, -0.05) is 23.2 Å². The van der Waals surface area contributed by atoms with Gasteiger partial charge in [0, 0.05) is 33.4 Å². The SMILES string of the molecule is O=S1CCCNC(c2cc(F)c(Cl)cc2Cl)C1. The van der Waals surface area contributed by atoms with E-state index in [2.05, 4.69) is 5.32 Å². The van der Waals surface area contributed by atoms with Crippen LogP contribution < -0.4 is 5.32 Å². The van der Waals surface area contributed by atoms with Gasteiger partial charge in [0.05, 0.1) is 5.02 Å². The number of hydrogen-bond donors (Lipinski definition) is 1. The van der Waals surface area contributed by atoms with Gasteiger partial charge in [0.15, 0.2) is 0 Å². The Bertz CT molecular complexity index is 455. The number of rotatable bonds is 1. The van der Waals surface area contributed by atoms with Gasteiger partial charge in [-0.25, -0.2) is 4.39 Å². The van der Waals surface area contributed by atoms with E-state index in [0.717, 1.165) is 13.0 Å². The molecule has 2 rings (SSSR count). The van der Waals surface area contributed by atoms with Crippen LogP contribution in [-0.2, 0) is 10.8 Å². The molecule has 1 aliphatic rings. The number of halogens is 3. The predicted molar refractivity (Wildman–Crippen MR) is 69.7 cm³/mol. The van der Waals surface area contributed by atoms with Crippen LogP contribution in [0.25, 0.3) is 0 Å². The molecule has 17 heavy (non-hydrogen) atoms. The fourth-order valence-electron chi connectivity index (χ4n) is 1.84. The Labute approximate surface area is 112 Å². The fourth-order valence-corrected chi connectivity index (χ4v) is 3.66. The van der Waals surface area contributed by atoms with Crippen molar-refractivity contribution in [3.63, 3.8) is 0 Å². The van der Waals surface area contributed by atoms with Crippen LogP contribution in [0.1, 0.15) is 18.0 Å². The highest BCUT2D eigenvalue weighted by molar-refractivity contribution is 7.85. The molecule has 2 unspecified atom stereocenters. The van der Waals surface area contributed by atoms with E-state index in [1.807, 2.05) is 0 Å². The van der Waals surface area contributed by atoms with E-state index < -0.39 is 16.6 Å². The molecule has 0 amide bonds. The zero-order valence-electron chi connectivity index (χ0n) is 9.01. The molecule has 0 aliphatic carbocycles. The third kappa shape index (κ3) is 3.19. The van der Waals surface area contributed by atoms with E-state index in [1.54, 1.807) is 0 Å². The molecule has 0 aromatic heterocycles. The molecule has 1 aromatic carbocycles. The summed E-state index contributed by atoms with van der Waals surface area (Å²) in [6, 6.07) is 2.55. The van der Waals surface area contributed by atoms with Crippen LogP contribution in [0.2, 0.25) is 10.0 Å². The average Bonchev–Trinajstić information content (AvgIpc) is 2.48. The molecule has 0 saturated carbocycles. The second-order valence-electron chi connectivity index (χ2n) is 3.96. The molecule has 0 bridgehead atoms. The van der Waals surface area contributed by atoms with Crippen LogP contribution in [0.5, 0.6) is 0 Å². The van der Waals surface area contributed by atoms with Crippen molar-refractivity contribution in [2.45, 2.75) is 12.5 Å². The molecule has 6 heteroatoms. The second-order valence-corrected chi connectivity index (χ2v) is 6.39. The molecule has 1 aromatic rings. The van der Waals surface area contributed by atoms with Crippen molar-refractivity contribution in [2.24, 2.45) is 0 Å². The lowest BCUT2D eigenvalue weighted by Crippen LogP contribution is -2.24. The third-order valence-corrected chi connectivity index (χ3v) is 4.77. The van der Waals surface area contributed by atoms with Crippen molar-refractivity contribution < 1.29 is 8.60 Å². The summed E-state index contributed by atoms with van der Waals surface area (Å²) >= 11 is 11.7. The molecule has 94 valence electrons. The van der Waals surface area contributed by atoms with Crippen molar-refractivity contribution >= 4 is 34.0 Å². The van der Waals surface area contributed by atoms with E-state index >= 15 is 0 Å². The Kier molecular flexibility index (Phi) is 4.42. The van der Waals surface area contributed by atoms with Crippen molar-refractivity contribution in [1.82, 2.24) is 5.32 Å². The maximum Gasteiger partial charge on any atom is 0.142 e. The summed E-state index contributed by atoms with van der Waals surface area (Å²) in [5.41, 5.74) is 0.629. The highest BCUT2D eigenvalue weighted by atomic mass is 35.5. The van der Waals surface area contributed by atoms with E-state index in [1.165, 1.54) is 12.1 Å². The van der Waals surface area contributed by atoms with Gasteiger partial charge in [0.1, 0.15) is 5.82 Å². The minimum Gasteiger partial charge on any atom is -0.309 e. The summed E-state index contributed by atoms with van der Waals surface area (Å²) in [6.45, 7) is 0.761. The lowest BCUT2D eigenvalue weighted by Gasteiger charge is -2.17. The molecular formula is C11H12Cl2FNOS. The topological polar surface area (TPSA) is 29.1 Å². The summed E-state index contributed by atoms with van der Waals surface area (Å²) in [4.78, 5) is 0. The fraction of sp³-hybridized carbons (Fsp3) is 0.455. The lowest BCUT2D eigenvalue weighted by molar-refractivity contribution is 0.576. The van der Waals surface area contributed by atoms with E-state index in [0.29, 0.717) is 22.1 Å². The molecule has 1 fully saturated rings. The van der Waals surface area contributed by atoms with Crippen molar-refractivity contribution in [3.05, 3.63) is 33.6 Å². The van der Waals surface area contributed by atoms with Gasteiger partial charge in [-0.2, -0.15) is 0 Å². The van der Waals surface area contributed by atoms with Crippen LogP contribution >= 0.6 is 23.2 Å². The first-order valence-corrected chi connectivity index (χ1v) is 7.55. The predicted octanol–water partition coefficient (Wildman–Crippen LogP) is 2.92. The molecule has 1 heterocycles. The summed E-state index contributed by atoms with van der Waals surface area (Å²) in [6.07, 6.45) is 0.858. The molecule has 0 radical (unpaired) electrons. The molecular weight excluding hydrogens is 284 g/mol. The average molecular weight is 296 g/mol. The van der Waals surface area contributed by atoms with E-state index in [4.69, 9.17) is 23.2 Å². The van der Waals surface area contributed by atoms with Gasteiger partial charge in [0.2, 0.25) is 0 Å². The molecule has 0 spiro atoms. The smallest absolute Gasteiger partial charge is 0.142 e. The largest absolute Gasteiger partial charge is 0.309 e. The molecule has 2 atom stereocenters. The standard InChI is InChI=1S/C11H12Cl2FNOS/c12-8-5-9(13)10(14)4-7(8)11-6-17(16)3-1-2-15-11/h4-5,11,15H,1-3,6H2. The normalized spacial score (nSPS) is 25.6. The van der Waals surface area contributed by atoms with Crippen LogP contribution in [-0.4, -0.2) is 22.3 Å². The lowest BCUT2D eigenvalue weighted by atomic mass is 10.1. The Morgan fingerprint density at radius 2 is 2.12 bits per heavy atom. The number of hydrogen-bond acceptors (Lipinski definition) is 2. The Hall–Kier alpha value is -0.160. The molecule has 1 saturated heterocycles. The summed E-state index contributed by atoms with van der Waals surface area (Å²) < 4.78 is 25.1. The van der Waals surface area contributed by atoms with Crippen molar-refractivity contribution in [1.29, 1.82) is 0 Å². The Morgan fingerprint density at radius 3 is 2.88 bits per heavy atom. The highest BCUT2D eigenvalue weighted by Gasteiger charge is 2.21. The van der Waals surface area contributed by atoms with Crippen LogP contribution in [0.3, 0.4) is 0 Å². The maximum atomic E-state index is 13.4. The van der Waals surface area contributed by atoms with Gasteiger partial charge in [0.25, 0.3) is 0 Å². The Balaban J connectivity index is 2.32. The highest BCUT2D eigenvalue weighted by Crippen LogP contribution is 2.29. The van der Waals surface area contributed by atoms with E-state index in [9.17, 15) is 8.60 Å². The monoisotopic (exact) mass is 295 g/mol. The minimum absolute atomic E-state index is 0.00787. The van der Waals surface area contributed by atoms with Gasteiger partial charge in [-0.15, -0.1) is 0 Å². The first-order chi connectivity index (χ1) is 8.08. The molecule has 1 aliphatic heterocycles. The maximum absolute atomic E-state index is 13.4. The zero-order chi connectivity index (χ0) is 12.4. The summed E-state index contributed by atoms with van der Waals surface area (Å²) in [5, 5.41) is 3.65. The van der Waals surface area contributed by atoms with Crippen LogP contribution in [0.15, 0.2) is 12.1 Å². The van der Waals surface area contributed by atoms with Gasteiger partial charge >= 0.3 is 0 Å². The quantitative estimate of drug-likeness (QED) is 0.807. The van der Waals surface area contributed by atoms with Crippen LogP contribution in [0, 0.1) is 5.82 Å². The number of nitrogens with one attached hydrogen (secondary N) is 1. The molecule has 2 nitrogen and oxygen atoms in total. The Morgan fingerprint density at radius 1 is 1.35 bits per heavy atom. The first kappa shape index (κ1) is 13.3. The summed E-state index contributed by atoms with van der Waals surface area (Å²) in [7, 11) is -0.885. The van der Waals surface area contributed by atoms with Crippen LogP contribution in [0.4, 0.5) is 4.39 Å². The molecule has 1 N–H and O–H groups in total. The van der Waals surface area contributed by atoms with Gasteiger partial charge in [-0.05, 0) is 30.7 Å². The van der Waals surface area contributed by atoms with E-state index in [-0.39, 0.29) is 11.1 Å². The van der Waals surface area contributed by atoms with Gasteiger partial charge < -0.3 is 5.32 Å². The minimum atomic E-state index is -0.885. The second kappa shape index (κ2) is 5.65. The summed E-state index contributed by atoms with van der Waals surface area (Å²) in [5.74, 6) is 0.640. The van der Waals surface area contributed by atoms with Crippen molar-refractivity contribution in [2.75, 3.05) is 18.1 Å². The zero-order valence-corrected chi connectivity index (χ0v) is 11.3. The third-order valence-electron chi connectivity index (χ3n) is 2.71. The first-order valence-electron chi connectivity index (χ1n) is 5.30. The van der Waals surface area contributed by atoms with Crippen molar-refractivity contribution in [3.8, 4) is 0 Å².